The molecule has 0 aliphatic rings. The van der Waals surface area contributed by atoms with Crippen molar-refractivity contribution in [3.8, 4) is 0 Å². The van der Waals surface area contributed by atoms with Gasteiger partial charge in [0.25, 0.3) is 5.97 Å². The van der Waals surface area contributed by atoms with Crippen LogP contribution in [0.2, 0.25) is 0 Å². The second-order valence-corrected chi connectivity index (χ2v) is 3.48. The fraction of sp³-hybridized carbons (Fsp3) is 1.00. The minimum Gasteiger partial charge on any atom is -0.388 e. The van der Waals surface area contributed by atoms with Crippen molar-refractivity contribution in [3.05, 3.63) is 0 Å². The van der Waals surface area contributed by atoms with Gasteiger partial charge in [0.05, 0.1) is 5.85 Å². The largest absolute Gasteiger partial charge is 0.388 e. The maximum Gasteiger partial charge on any atom is 0.275 e. The van der Waals surface area contributed by atoms with Gasteiger partial charge in [-0.15, -0.1) is 0 Å². The van der Waals surface area contributed by atoms with E-state index in [0.717, 1.165) is 0 Å². The zero-order valence-corrected chi connectivity index (χ0v) is 6.91. The Kier molecular flexibility index (Phi) is 4.69. The van der Waals surface area contributed by atoms with E-state index in [-0.39, 0.29) is 20.8 Å². The lowest BCUT2D eigenvalue weighted by Crippen LogP contribution is -2.27. The Bertz CT molecular complexity index is 93.7. The van der Waals surface area contributed by atoms with E-state index in [0.29, 0.717) is 0 Å². The number of hydrogen-bond acceptors (Lipinski definition) is 4. The van der Waals surface area contributed by atoms with Crippen LogP contribution < -0.4 is 0 Å². The summed E-state index contributed by atoms with van der Waals surface area (Å²) in [5.74, 6) is -3.45. The van der Waals surface area contributed by atoms with E-state index in [9.17, 15) is 0 Å². The Morgan fingerprint density at radius 3 is 2.20 bits per heavy atom. The normalized spacial score (nSPS) is 16.5. The van der Waals surface area contributed by atoms with Gasteiger partial charge in [0.15, 0.2) is 0 Å². The summed E-state index contributed by atoms with van der Waals surface area (Å²) in [6.07, 6.45) is -0.223. The number of aliphatic hydroxyl groups is 4. The Morgan fingerprint density at radius 1 is 1.40 bits per heavy atom. The average molecular weight is 189 g/mol. The van der Waals surface area contributed by atoms with Gasteiger partial charge in [-0.05, 0) is 6.42 Å². The maximum absolute atomic E-state index is 8.77. The molecule has 0 amide bonds. The summed E-state index contributed by atoms with van der Waals surface area (Å²) in [4.78, 5) is 0. The highest BCUT2D eigenvalue weighted by atomic mass is 35.7. The highest BCUT2D eigenvalue weighted by molar-refractivity contribution is 7.68. The van der Waals surface area contributed by atoms with Crippen molar-refractivity contribution in [1.82, 2.24) is 0 Å². The van der Waals surface area contributed by atoms with Crippen LogP contribution in [0.1, 0.15) is 12.8 Å². The van der Waals surface area contributed by atoms with E-state index in [1.807, 2.05) is 0 Å². The number of hydrogen-bond donors (Lipinski definition) is 4. The van der Waals surface area contributed by atoms with Crippen LogP contribution in [0.15, 0.2) is 0 Å². The molecule has 4 nitrogen and oxygen atoms in total. The van der Waals surface area contributed by atoms with Crippen LogP contribution in [0.3, 0.4) is 0 Å². The lowest BCUT2D eigenvalue weighted by Gasteiger charge is -2.14. The van der Waals surface area contributed by atoms with E-state index < -0.39 is 11.8 Å². The summed E-state index contributed by atoms with van der Waals surface area (Å²) in [6.45, 7) is 0. The zero-order chi connectivity index (χ0) is 8.20. The Labute approximate surface area is 65.0 Å². The van der Waals surface area contributed by atoms with Crippen molar-refractivity contribution in [1.29, 1.82) is 0 Å². The molecule has 0 fully saturated rings. The third-order valence-electron chi connectivity index (χ3n) is 0.879. The molecule has 0 aromatic carbocycles. The van der Waals surface area contributed by atoms with Crippen molar-refractivity contribution in [2.24, 2.45) is 0 Å². The molecule has 0 aliphatic heterocycles. The molecular formula is C4H10ClO4P. The molecule has 0 bridgehead atoms. The summed E-state index contributed by atoms with van der Waals surface area (Å²) in [7, 11) is -0.188. The van der Waals surface area contributed by atoms with Crippen molar-refractivity contribution >= 4 is 19.2 Å². The molecule has 10 heavy (non-hydrogen) atoms. The second kappa shape index (κ2) is 4.44. The predicted molar refractivity (Wildman–Crippen MR) is 38.8 cm³/mol. The van der Waals surface area contributed by atoms with E-state index in [1.54, 1.807) is 0 Å². The fourth-order valence-electron chi connectivity index (χ4n) is 0.385. The first-order valence-corrected chi connectivity index (χ1v) is 4.76. The Balaban J connectivity index is 3.36. The molecule has 0 spiro atoms. The van der Waals surface area contributed by atoms with Crippen LogP contribution in [0.4, 0.5) is 0 Å². The minimum atomic E-state index is -2.68. The topological polar surface area (TPSA) is 80.9 Å². The molecule has 0 aromatic heterocycles. The molecule has 4 N–H and O–H groups in total. The predicted octanol–water partition coefficient (Wildman–Crippen LogP) is -0.452. The van der Waals surface area contributed by atoms with Crippen molar-refractivity contribution in [2.75, 3.05) is 0 Å². The average Bonchev–Trinajstić information content (AvgIpc) is 1.81. The summed E-state index contributed by atoms with van der Waals surface area (Å²) >= 11 is 5.21. The summed E-state index contributed by atoms with van der Waals surface area (Å²) in [5, 5.41) is 33.7. The van der Waals surface area contributed by atoms with Crippen molar-refractivity contribution < 1.29 is 20.4 Å². The number of rotatable bonds is 4. The quantitative estimate of drug-likeness (QED) is 0.356. The smallest absolute Gasteiger partial charge is 0.275 e. The van der Waals surface area contributed by atoms with Gasteiger partial charge < -0.3 is 20.4 Å². The third-order valence-corrected chi connectivity index (χ3v) is 2.18. The zero-order valence-electron chi connectivity index (χ0n) is 5.16. The van der Waals surface area contributed by atoms with Crippen LogP contribution in [0, 0.1) is 0 Å². The molecule has 0 heterocycles. The third kappa shape index (κ3) is 6.68. The standard InChI is InChI=1S/C4H10ClO4P/c5-10-3(6)1-2-4(7,8)9/h3,6-10H,1-2H2. The molecule has 0 saturated heterocycles. The van der Waals surface area contributed by atoms with Gasteiger partial charge in [0, 0.05) is 14.4 Å². The highest BCUT2D eigenvalue weighted by Gasteiger charge is 2.19. The van der Waals surface area contributed by atoms with Crippen LogP contribution in [0.25, 0.3) is 0 Å². The van der Waals surface area contributed by atoms with Gasteiger partial charge in [-0.1, -0.05) is 11.2 Å². The summed E-state index contributed by atoms with van der Waals surface area (Å²) < 4.78 is 0. The van der Waals surface area contributed by atoms with Crippen LogP contribution in [-0.4, -0.2) is 32.2 Å². The van der Waals surface area contributed by atoms with Crippen LogP contribution in [-0.2, 0) is 0 Å². The maximum atomic E-state index is 8.77. The summed E-state index contributed by atoms with van der Waals surface area (Å²) in [6, 6.07) is 0. The first-order valence-electron chi connectivity index (χ1n) is 2.67. The molecule has 0 rings (SSSR count). The van der Waals surface area contributed by atoms with E-state index >= 15 is 0 Å². The first-order chi connectivity index (χ1) is 4.45. The second-order valence-electron chi connectivity index (χ2n) is 1.94. The van der Waals surface area contributed by atoms with Gasteiger partial charge in [-0.3, -0.25) is 0 Å². The van der Waals surface area contributed by atoms with E-state index in [1.165, 1.54) is 0 Å². The van der Waals surface area contributed by atoms with E-state index in [4.69, 9.17) is 31.7 Å². The van der Waals surface area contributed by atoms with Gasteiger partial charge >= 0.3 is 0 Å². The number of aliphatic hydroxyl groups excluding tert-OH is 1. The minimum absolute atomic E-state index is 0.0748. The lowest BCUT2D eigenvalue weighted by atomic mass is 10.3. The Morgan fingerprint density at radius 2 is 1.90 bits per heavy atom. The van der Waals surface area contributed by atoms with Gasteiger partial charge in [0.2, 0.25) is 0 Å². The van der Waals surface area contributed by atoms with Gasteiger partial charge in [-0.25, -0.2) is 0 Å². The molecule has 0 saturated carbocycles. The van der Waals surface area contributed by atoms with Crippen LogP contribution in [0.5, 0.6) is 0 Å². The number of halogens is 1. The first kappa shape index (κ1) is 10.6. The lowest BCUT2D eigenvalue weighted by molar-refractivity contribution is -0.315. The monoisotopic (exact) mass is 188 g/mol. The van der Waals surface area contributed by atoms with Crippen molar-refractivity contribution in [2.45, 2.75) is 24.7 Å². The molecule has 0 aliphatic carbocycles. The molecule has 0 radical (unpaired) electrons. The highest BCUT2D eigenvalue weighted by Crippen LogP contribution is 2.26. The summed E-state index contributed by atoms with van der Waals surface area (Å²) in [5.41, 5.74) is 0. The molecule has 2 atom stereocenters. The molecule has 62 valence electrons. The van der Waals surface area contributed by atoms with E-state index in [2.05, 4.69) is 0 Å². The van der Waals surface area contributed by atoms with Gasteiger partial charge in [0.1, 0.15) is 0 Å². The SMILES string of the molecule is OC(CCC(O)(O)O)PCl. The Hall–Kier alpha value is 0.560. The fourth-order valence-corrected chi connectivity index (χ4v) is 0.966. The molecular weight excluding hydrogens is 178 g/mol. The van der Waals surface area contributed by atoms with Crippen LogP contribution >= 0.6 is 19.2 Å². The molecule has 0 aromatic rings. The molecule has 6 heteroatoms. The van der Waals surface area contributed by atoms with Crippen molar-refractivity contribution in [3.63, 3.8) is 0 Å². The molecule has 2 unspecified atom stereocenters. The van der Waals surface area contributed by atoms with Gasteiger partial charge in [-0.2, -0.15) is 0 Å².